The van der Waals surface area contributed by atoms with Crippen LogP contribution in [0.25, 0.3) is 5.52 Å². The smallest absolute Gasteiger partial charge is 0.155 e. The summed E-state index contributed by atoms with van der Waals surface area (Å²) in [7, 11) is 0. The molecule has 0 saturated carbocycles. The molecule has 2 aromatic heterocycles. The van der Waals surface area contributed by atoms with Gasteiger partial charge in [0.25, 0.3) is 0 Å². The lowest BCUT2D eigenvalue weighted by Crippen LogP contribution is -2.31. The van der Waals surface area contributed by atoms with Gasteiger partial charge in [-0.1, -0.05) is 23.2 Å². The molecule has 1 saturated heterocycles. The largest absolute Gasteiger partial charge is 0.316 e. The van der Waals surface area contributed by atoms with Crippen LogP contribution in [0.5, 0.6) is 0 Å². The van der Waals surface area contributed by atoms with Crippen molar-refractivity contribution >= 4 is 28.7 Å². The van der Waals surface area contributed by atoms with Gasteiger partial charge in [0.15, 0.2) is 5.15 Å². The first-order valence-corrected chi connectivity index (χ1v) is 7.02. The average Bonchev–Trinajstić information content (AvgIpc) is 2.67. The number of hydrogen-bond donors (Lipinski definition) is 1. The molecule has 0 radical (unpaired) electrons. The zero-order chi connectivity index (χ0) is 12.5. The third kappa shape index (κ3) is 2.35. The number of fused-ring (bicyclic) bond motifs is 1. The molecule has 2 aromatic rings. The molecule has 1 aliphatic rings. The fraction of sp³-hybridized carbons (Fsp3) is 0.462. The van der Waals surface area contributed by atoms with E-state index in [1.807, 2.05) is 22.7 Å². The SMILES string of the molecule is Clc1ccc2c(Cl)nc(CC3CCCNC3)n2c1. The molecular formula is C13H15Cl2N3. The van der Waals surface area contributed by atoms with Crippen LogP contribution < -0.4 is 5.32 Å². The van der Waals surface area contributed by atoms with Crippen molar-refractivity contribution in [1.82, 2.24) is 14.7 Å². The fourth-order valence-electron chi connectivity index (χ4n) is 2.58. The zero-order valence-electron chi connectivity index (χ0n) is 10.00. The number of pyridine rings is 1. The van der Waals surface area contributed by atoms with Crippen molar-refractivity contribution in [2.45, 2.75) is 19.3 Å². The molecule has 0 amide bonds. The number of hydrogen-bond acceptors (Lipinski definition) is 2. The number of aromatic nitrogens is 2. The molecule has 0 spiro atoms. The highest BCUT2D eigenvalue weighted by Gasteiger charge is 2.17. The number of piperidine rings is 1. The average molecular weight is 284 g/mol. The second kappa shape index (κ2) is 5.08. The number of imidazole rings is 1. The normalized spacial score (nSPS) is 20.4. The molecule has 3 heterocycles. The van der Waals surface area contributed by atoms with Crippen molar-refractivity contribution in [1.29, 1.82) is 0 Å². The Morgan fingerprint density at radius 3 is 3.06 bits per heavy atom. The Labute approximate surface area is 116 Å². The molecule has 1 atom stereocenters. The van der Waals surface area contributed by atoms with Gasteiger partial charge in [-0.05, 0) is 44.0 Å². The van der Waals surface area contributed by atoms with Crippen LogP contribution >= 0.6 is 23.2 Å². The maximum absolute atomic E-state index is 6.16. The van der Waals surface area contributed by atoms with Gasteiger partial charge in [-0.15, -0.1) is 0 Å². The molecule has 1 fully saturated rings. The van der Waals surface area contributed by atoms with E-state index >= 15 is 0 Å². The third-order valence-corrected chi connectivity index (χ3v) is 4.00. The van der Waals surface area contributed by atoms with Gasteiger partial charge in [-0.2, -0.15) is 0 Å². The number of nitrogens with zero attached hydrogens (tertiary/aromatic N) is 2. The third-order valence-electron chi connectivity index (χ3n) is 3.50. The Morgan fingerprint density at radius 2 is 2.28 bits per heavy atom. The van der Waals surface area contributed by atoms with E-state index in [9.17, 15) is 0 Å². The van der Waals surface area contributed by atoms with Crippen LogP contribution in [0, 0.1) is 5.92 Å². The number of rotatable bonds is 2. The highest BCUT2D eigenvalue weighted by atomic mass is 35.5. The van der Waals surface area contributed by atoms with Crippen molar-refractivity contribution in [3.05, 3.63) is 34.3 Å². The first-order chi connectivity index (χ1) is 8.74. The molecule has 3 rings (SSSR count). The van der Waals surface area contributed by atoms with E-state index in [1.165, 1.54) is 12.8 Å². The Balaban J connectivity index is 1.93. The summed E-state index contributed by atoms with van der Waals surface area (Å²) in [5.74, 6) is 1.64. The van der Waals surface area contributed by atoms with Crippen LogP contribution in [0.4, 0.5) is 0 Å². The minimum absolute atomic E-state index is 0.561. The molecule has 0 bridgehead atoms. The second-order valence-electron chi connectivity index (χ2n) is 4.84. The summed E-state index contributed by atoms with van der Waals surface area (Å²) in [6.07, 6.45) is 5.32. The maximum atomic E-state index is 6.16. The van der Waals surface area contributed by atoms with E-state index in [-0.39, 0.29) is 0 Å². The minimum Gasteiger partial charge on any atom is -0.316 e. The fourth-order valence-corrected chi connectivity index (χ4v) is 2.99. The van der Waals surface area contributed by atoms with Crippen LogP contribution in [0.15, 0.2) is 18.3 Å². The van der Waals surface area contributed by atoms with Crippen LogP contribution in [-0.4, -0.2) is 22.5 Å². The monoisotopic (exact) mass is 283 g/mol. The molecule has 18 heavy (non-hydrogen) atoms. The Hall–Kier alpha value is -0.770. The lowest BCUT2D eigenvalue weighted by Gasteiger charge is -2.21. The summed E-state index contributed by atoms with van der Waals surface area (Å²) in [4.78, 5) is 4.47. The Bertz CT molecular complexity index is 559. The van der Waals surface area contributed by atoms with Gasteiger partial charge in [-0.25, -0.2) is 4.98 Å². The summed E-state index contributed by atoms with van der Waals surface area (Å²) >= 11 is 12.2. The highest BCUT2D eigenvalue weighted by molar-refractivity contribution is 6.33. The first-order valence-electron chi connectivity index (χ1n) is 6.27. The van der Waals surface area contributed by atoms with E-state index in [0.29, 0.717) is 16.1 Å². The van der Waals surface area contributed by atoms with Crippen LogP contribution in [0.2, 0.25) is 10.2 Å². The Kier molecular flexibility index (Phi) is 3.46. The maximum Gasteiger partial charge on any atom is 0.155 e. The summed E-state index contributed by atoms with van der Waals surface area (Å²) in [6.45, 7) is 2.19. The molecule has 0 aromatic carbocycles. The molecule has 1 unspecified atom stereocenters. The van der Waals surface area contributed by atoms with Crippen LogP contribution in [-0.2, 0) is 6.42 Å². The molecule has 96 valence electrons. The van der Waals surface area contributed by atoms with E-state index < -0.39 is 0 Å². The van der Waals surface area contributed by atoms with Crippen molar-refractivity contribution in [2.24, 2.45) is 5.92 Å². The number of nitrogens with one attached hydrogen (secondary N) is 1. The predicted octanol–water partition coefficient (Wildman–Crippen LogP) is 3.18. The number of halogens is 2. The van der Waals surface area contributed by atoms with Gasteiger partial charge in [0.1, 0.15) is 5.82 Å². The summed E-state index contributed by atoms with van der Waals surface area (Å²) < 4.78 is 2.01. The van der Waals surface area contributed by atoms with Gasteiger partial charge < -0.3 is 9.72 Å². The topological polar surface area (TPSA) is 29.3 Å². The van der Waals surface area contributed by atoms with E-state index in [4.69, 9.17) is 23.2 Å². The van der Waals surface area contributed by atoms with Gasteiger partial charge in [0.2, 0.25) is 0 Å². The second-order valence-corrected chi connectivity index (χ2v) is 5.63. The van der Waals surface area contributed by atoms with Gasteiger partial charge in [0, 0.05) is 12.6 Å². The quantitative estimate of drug-likeness (QED) is 0.917. The molecule has 1 aliphatic heterocycles. The summed E-state index contributed by atoms with van der Waals surface area (Å²) in [5, 5.41) is 4.69. The Morgan fingerprint density at radius 1 is 1.39 bits per heavy atom. The minimum atomic E-state index is 0.561. The van der Waals surface area contributed by atoms with Crippen molar-refractivity contribution in [3.63, 3.8) is 0 Å². The molecule has 0 aliphatic carbocycles. The van der Waals surface area contributed by atoms with E-state index in [2.05, 4.69) is 10.3 Å². The van der Waals surface area contributed by atoms with Gasteiger partial charge >= 0.3 is 0 Å². The molecular weight excluding hydrogens is 269 g/mol. The van der Waals surface area contributed by atoms with Crippen molar-refractivity contribution in [3.8, 4) is 0 Å². The van der Waals surface area contributed by atoms with Crippen molar-refractivity contribution in [2.75, 3.05) is 13.1 Å². The van der Waals surface area contributed by atoms with Crippen molar-refractivity contribution < 1.29 is 0 Å². The van der Waals surface area contributed by atoms with Gasteiger partial charge in [-0.3, -0.25) is 0 Å². The molecule has 3 nitrogen and oxygen atoms in total. The van der Waals surface area contributed by atoms with Crippen LogP contribution in [0.3, 0.4) is 0 Å². The van der Waals surface area contributed by atoms with Gasteiger partial charge in [0.05, 0.1) is 10.5 Å². The molecule has 5 heteroatoms. The first kappa shape index (κ1) is 12.3. The van der Waals surface area contributed by atoms with Crippen LogP contribution in [0.1, 0.15) is 18.7 Å². The van der Waals surface area contributed by atoms with E-state index in [1.54, 1.807) is 0 Å². The predicted molar refractivity (Wildman–Crippen MR) is 74.5 cm³/mol. The lowest BCUT2D eigenvalue weighted by molar-refractivity contribution is 0.370. The molecule has 1 N–H and O–H groups in total. The standard InChI is InChI=1S/C13H15Cl2N3/c14-10-3-4-11-13(15)17-12(18(11)8-10)6-9-2-1-5-16-7-9/h3-4,8-9,16H,1-2,5-7H2. The summed E-state index contributed by atoms with van der Waals surface area (Å²) in [6, 6.07) is 3.76. The van der Waals surface area contributed by atoms with E-state index in [0.717, 1.165) is 30.9 Å². The highest BCUT2D eigenvalue weighted by Crippen LogP contribution is 2.24. The zero-order valence-corrected chi connectivity index (χ0v) is 11.5. The lowest BCUT2D eigenvalue weighted by atomic mass is 9.96. The summed E-state index contributed by atoms with van der Waals surface area (Å²) in [5.41, 5.74) is 0.930.